The minimum Gasteiger partial charge on any atom is -0.338 e. The molecule has 2 N–H and O–H groups in total. The first-order valence-corrected chi connectivity index (χ1v) is 8.31. The number of carbonyl (C=O) groups excluding carboxylic acids is 1. The standard InChI is InChI=1S/C15H21N3OS/c1-2-20-14-7-10(5-6-17-14)15(19)18-8-11-3-4-13(16)12(11)9-18/h5-7,11-13H,2-4,8-9,16H2,1H3. The zero-order valence-electron chi connectivity index (χ0n) is 11.8. The first-order valence-electron chi connectivity index (χ1n) is 7.32. The van der Waals surface area contributed by atoms with E-state index in [0.717, 1.165) is 35.9 Å². The minimum atomic E-state index is 0.131. The zero-order valence-corrected chi connectivity index (χ0v) is 12.6. The van der Waals surface area contributed by atoms with Crippen LogP contribution >= 0.6 is 11.8 Å². The van der Waals surface area contributed by atoms with Crippen LogP contribution in [0.1, 0.15) is 30.1 Å². The van der Waals surface area contributed by atoms with Crippen molar-refractivity contribution in [2.45, 2.75) is 30.8 Å². The highest BCUT2D eigenvalue weighted by Gasteiger charge is 2.42. The third-order valence-electron chi connectivity index (χ3n) is 4.47. The van der Waals surface area contributed by atoms with Crippen LogP contribution in [0, 0.1) is 11.8 Å². The first-order chi connectivity index (χ1) is 9.69. The van der Waals surface area contributed by atoms with Gasteiger partial charge in [0.15, 0.2) is 0 Å². The van der Waals surface area contributed by atoms with Crippen molar-refractivity contribution in [3.8, 4) is 0 Å². The van der Waals surface area contributed by atoms with Gasteiger partial charge in [0.1, 0.15) is 0 Å². The van der Waals surface area contributed by atoms with E-state index in [-0.39, 0.29) is 11.9 Å². The molecule has 1 saturated heterocycles. The number of nitrogens with zero attached hydrogens (tertiary/aromatic N) is 2. The fourth-order valence-electron chi connectivity index (χ4n) is 3.43. The van der Waals surface area contributed by atoms with Gasteiger partial charge >= 0.3 is 0 Å². The van der Waals surface area contributed by atoms with E-state index in [4.69, 9.17) is 5.73 Å². The number of carbonyl (C=O) groups is 1. The maximum atomic E-state index is 12.6. The normalized spacial score (nSPS) is 28.7. The van der Waals surface area contributed by atoms with Gasteiger partial charge in [-0.2, -0.15) is 0 Å². The zero-order chi connectivity index (χ0) is 14.1. The van der Waals surface area contributed by atoms with Crippen LogP contribution in [0.3, 0.4) is 0 Å². The summed E-state index contributed by atoms with van der Waals surface area (Å²) in [7, 11) is 0. The summed E-state index contributed by atoms with van der Waals surface area (Å²) in [6.45, 7) is 3.78. The molecule has 3 atom stereocenters. The second-order valence-electron chi connectivity index (χ2n) is 5.69. The van der Waals surface area contributed by atoms with Crippen LogP contribution in [-0.4, -0.2) is 40.7 Å². The molecule has 2 fully saturated rings. The monoisotopic (exact) mass is 291 g/mol. The van der Waals surface area contributed by atoms with Gasteiger partial charge < -0.3 is 10.6 Å². The average Bonchev–Trinajstić information content (AvgIpc) is 3.01. The van der Waals surface area contributed by atoms with E-state index in [1.165, 1.54) is 6.42 Å². The summed E-state index contributed by atoms with van der Waals surface area (Å²) in [5, 5.41) is 0.925. The smallest absolute Gasteiger partial charge is 0.254 e. The Morgan fingerprint density at radius 3 is 3.10 bits per heavy atom. The number of nitrogens with two attached hydrogens (primary N) is 1. The van der Waals surface area contributed by atoms with Crippen LogP contribution < -0.4 is 5.73 Å². The van der Waals surface area contributed by atoms with E-state index in [1.54, 1.807) is 18.0 Å². The van der Waals surface area contributed by atoms with Crippen molar-refractivity contribution < 1.29 is 4.79 Å². The number of amides is 1. The Labute approximate surface area is 124 Å². The topological polar surface area (TPSA) is 59.2 Å². The lowest BCUT2D eigenvalue weighted by Crippen LogP contribution is -2.33. The van der Waals surface area contributed by atoms with Gasteiger partial charge in [0.05, 0.1) is 5.03 Å². The lowest BCUT2D eigenvalue weighted by Gasteiger charge is -2.19. The Morgan fingerprint density at radius 2 is 2.35 bits per heavy atom. The molecule has 1 amide bonds. The van der Waals surface area contributed by atoms with Crippen molar-refractivity contribution >= 4 is 17.7 Å². The number of pyridine rings is 1. The van der Waals surface area contributed by atoms with Gasteiger partial charge in [-0.25, -0.2) is 4.98 Å². The Hall–Kier alpha value is -1.07. The van der Waals surface area contributed by atoms with Crippen molar-refractivity contribution in [3.63, 3.8) is 0 Å². The van der Waals surface area contributed by atoms with E-state index in [2.05, 4.69) is 11.9 Å². The van der Waals surface area contributed by atoms with Gasteiger partial charge in [-0.05, 0) is 42.6 Å². The van der Waals surface area contributed by atoms with Crippen molar-refractivity contribution in [1.82, 2.24) is 9.88 Å². The molecule has 1 aliphatic heterocycles. The van der Waals surface area contributed by atoms with Crippen molar-refractivity contribution in [3.05, 3.63) is 23.9 Å². The Bertz CT molecular complexity index is 508. The maximum absolute atomic E-state index is 12.6. The number of rotatable bonds is 3. The van der Waals surface area contributed by atoms with E-state index < -0.39 is 0 Å². The number of fused-ring (bicyclic) bond motifs is 1. The quantitative estimate of drug-likeness (QED) is 0.865. The van der Waals surface area contributed by atoms with Crippen molar-refractivity contribution in [1.29, 1.82) is 0 Å². The summed E-state index contributed by atoms with van der Waals surface area (Å²) in [4.78, 5) is 18.8. The molecule has 0 spiro atoms. The third kappa shape index (κ3) is 2.56. The van der Waals surface area contributed by atoms with Crippen LogP contribution in [-0.2, 0) is 0 Å². The maximum Gasteiger partial charge on any atom is 0.254 e. The molecule has 1 saturated carbocycles. The highest BCUT2D eigenvalue weighted by molar-refractivity contribution is 7.99. The summed E-state index contributed by atoms with van der Waals surface area (Å²) < 4.78 is 0. The van der Waals surface area contributed by atoms with Gasteiger partial charge in [0.2, 0.25) is 0 Å². The number of likely N-dealkylation sites (tertiary alicyclic amines) is 1. The Morgan fingerprint density at radius 1 is 1.50 bits per heavy atom. The molecule has 3 rings (SSSR count). The Balaban J connectivity index is 1.72. The summed E-state index contributed by atoms with van der Waals surface area (Å²) in [6, 6.07) is 4.00. The molecule has 4 nitrogen and oxygen atoms in total. The van der Waals surface area contributed by atoms with Gasteiger partial charge in [-0.3, -0.25) is 4.79 Å². The van der Waals surface area contributed by atoms with E-state index in [9.17, 15) is 4.79 Å². The van der Waals surface area contributed by atoms with Gasteiger partial charge in [0.25, 0.3) is 5.91 Å². The number of hydrogen-bond acceptors (Lipinski definition) is 4. The van der Waals surface area contributed by atoms with Crippen molar-refractivity contribution in [2.24, 2.45) is 17.6 Å². The minimum absolute atomic E-state index is 0.131. The van der Waals surface area contributed by atoms with Crippen LogP contribution in [0.2, 0.25) is 0 Å². The third-order valence-corrected chi connectivity index (χ3v) is 5.28. The molecule has 5 heteroatoms. The summed E-state index contributed by atoms with van der Waals surface area (Å²) in [5.74, 6) is 2.21. The largest absolute Gasteiger partial charge is 0.338 e. The molecule has 1 aliphatic carbocycles. The molecule has 0 aromatic carbocycles. The van der Waals surface area contributed by atoms with Crippen molar-refractivity contribution in [2.75, 3.05) is 18.8 Å². The van der Waals surface area contributed by atoms with E-state index in [0.29, 0.717) is 11.8 Å². The van der Waals surface area contributed by atoms with Crippen LogP contribution in [0.15, 0.2) is 23.4 Å². The molecule has 1 aromatic heterocycles. The number of thioether (sulfide) groups is 1. The Kier molecular flexibility index (Phi) is 3.98. The second kappa shape index (κ2) is 5.74. The summed E-state index contributed by atoms with van der Waals surface area (Å²) in [5.41, 5.74) is 6.89. The van der Waals surface area contributed by atoms with E-state index >= 15 is 0 Å². The lowest BCUT2D eigenvalue weighted by molar-refractivity contribution is 0.0779. The first kappa shape index (κ1) is 13.9. The lowest BCUT2D eigenvalue weighted by atomic mass is 9.98. The molecule has 1 aromatic rings. The SMILES string of the molecule is CCSc1cc(C(=O)N2CC3CCC(N)C3C2)ccn1. The fourth-order valence-corrected chi connectivity index (χ4v) is 4.07. The summed E-state index contributed by atoms with van der Waals surface area (Å²) in [6.07, 6.45) is 4.01. The molecular weight excluding hydrogens is 270 g/mol. The fraction of sp³-hybridized carbons (Fsp3) is 0.600. The second-order valence-corrected chi connectivity index (χ2v) is 6.98. The molecule has 20 heavy (non-hydrogen) atoms. The molecule has 2 aliphatic rings. The highest BCUT2D eigenvalue weighted by atomic mass is 32.2. The molecule has 108 valence electrons. The number of hydrogen-bond donors (Lipinski definition) is 1. The van der Waals surface area contributed by atoms with Crippen LogP contribution in [0.25, 0.3) is 0 Å². The molecular formula is C15H21N3OS. The van der Waals surface area contributed by atoms with Gasteiger partial charge in [-0.1, -0.05) is 6.92 Å². The summed E-state index contributed by atoms with van der Waals surface area (Å²) >= 11 is 1.66. The molecule has 3 unspecified atom stereocenters. The van der Waals surface area contributed by atoms with Crippen LogP contribution in [0.4, 0.5) is 0 Å². The van der Waals surface area contributed by atoms with E-state index in [1.807, 2.05) is 17.0 Å². The molecule has 2 heterocycles. The predicted octanol–water partition coefficient (Wildman–Crippen LogP) is 2.00. The van der Waals surface area contributed by atoms with Gasteiger partial charge in [0, 0.05) is 30.9 Å². The molecule has 0 bridgehead atoms. The van der Waals surface area contributed by atoms with Crippen LogP contribution in [0.5, 0.6) is 0 Å². The predicted molar refractivity (Wildman–Crippen MR) is 80.7 cm³/mol. The molecule has 0 radical (unpaired) electrons. The highest BCUT2D eigenvalue weighted by Crippen LogP contribution is 2.37. The average molecular weight is 291 g/mol. The van der Waals surface area contributed by atoms with Gasteiger partial charge in [-0.15, -0.1) is 11.8 Å². The number of aromatic nitrogens is 1.